The maximum Gasteiger partial charge on any atom is 0.193 e. The smallest absolute Gasteiger partial charge is 0.193 e. The van der Waals surface area contributed by atoms with Gasteiger partial charge in [0.2, 0.25) is 0 Å². The van der Waals surface area contributed by atoms with Crippen LogP contribution >= 0.6 is 0 Å². The summed E-state index contributed by atoms with van der Waals surface area (Å²) in [7, 11) is 3.80. The Labute approximate surface area is 172 Å². The lowest BCUT2D eigenvalue weighted by molar-refractivity contribution is 0.279. The lowest BCUT2D eigenvalue weighted by Crippen LogP contribution is -2.40. The number of ether oxygens (including phenoxy) is 1. The topological polar surface area (TPSA) is 54.7 Å². The van der Waals surface area contributed by atoms with Crippen molar-refractivity contribution in [2.75, 3.05) is 27.2 Å². The zero-order chi connectivity index (χ0) is 20.5. The first-order valence-corrected chi connectivity index (χ1v) is 9.81. The number of nitrogens with one attached hydrogen (secondary N) is 1. The second-order valence-electron chi connectivity index (χ2n) is 6.89. The average Bonchev–Trinajstić information content (AvgIpc) is 3.17. The van der Waals surface area contributed by atoms with E-state index in [-0.39, 0.29) is 0 Å². The summed E-state index contributed by atoms with van der Waals surface area (Å²) in [6.45, 7) is 4.78. The Kier molecular flexibility index (Phi) is 7.28. The fourth-order valence-electron chi connectivity index (χ4n) is 3.09. The van der Waals surface area contributed by atoms with Gasteiger partial charge in [0, 0.05) is 33.0 Å². The van der Waals surface area contributed by atoms with Crippen LogP contribution in [0.1, 0.15) is 17.0 Å². The van der Waals surface area contributed by atoms with Gasteiger partial charge in [-0.1, -0.05) is 48.5 Å². The predicted octanol–water partition coefficient (Wildman–Crippen LogP) is 3.33. The van der Waals surface area contributed by atoms with E-state index >= 15 is 0 Å². The summed E-state index contributed by atoms with van der Waals surface area (Å²) in [4.78, 5) is 10.9. The number of rotatable bonds is 8. The van der Waals surface area contributed by atoms with E-state index in [1.807, 2.05) is 43.7 Å². The number of guanidine groups is 1. The van der Waals surface area contributed by atoms with Crippen molar-refractivity contribution in [1.82, 2.24) is 19.8 Å². The lowest BCUT2D eigenvalue weighted by atomic mass is 10.2. The lowest BCUT2D eigenvalue weighted by Gasteiger charge is -2.22. The minimum atomic E-state index is 0.588. The number of benzene rings is 2. The van der Waals surface area contributed by atoms with Gasteiger partial charge < -0.3 is 19.5 Å². The molecule has 6 nitrogen and oxygen atoms in total. The molecule has 6 heteroatoms. The van der Waals surface area contributed by atoms with Crippen molar-refractivity contribution in [3.05, 3.63) is 83.9 Å². The largest absolute Gasteiger partial charge is 0.491 e. The van der Waals surface area contributed by atoms with Gasteiger partial charge in [0.15, 0.2) is 5.96 Å². The van der Waals surface area contributed by atoms with E-state index in [2.05, 4.69) is 62.0 Å². The highest BCUT2D eigenvalue weighted by molar-refractivity contribution is 5.79. The molecule has 0 spiro atoms. The van der Waals surface area contributed by atoms with E-state index < -0.39 is 0 Å². The van der Waals surface area contributed by atoms with E-state index in [0.29, 0.717) is 13.2 Å². The molecule has 0 atom stereocenters. The number of para-hydroxylation sites is 1. The van der Waals surface area contributed by atoms with Crippen molar-refractivity contribution in [3.63, 3.8) is 0 Å². The normalized spacial score (nSPS) is 11.3. The molecule has 1 heterocycles. The minimum Gasteiger partial charge on any atom is -0.491 e. The van der Waals surface area contributed by atoms with Crippen molar-refractivity contribution < 1.29 is 4.74 Å². The molecule has 2 aromatic carbocycles. The summed E-state index contributed by atoms with van der Waals surface area (Å²) in [5.41, 5.74) is 2.39. The van der Waals surface area contributed by atoms with E-state index in [9.17, 15) is 0 Å². The van der Waals surface area contributed by atoms with Gasteiger partial charge in [-0.15, -0.1) is 0 Å². The second-order valence-corrected chi connectivity index (χ2v) is 6.89. The van der Waals surface area contributed by atoms with Gasteiger partial charge >= 0.3 is 0 Å². The van der Waals surface area contributed by atoms with Crippen LogP contribution in [0.5, 0.6) is 5.75 Å². The fraction of sp³-hybridized carbons (Fsp3) is 0.304. The molecule has 0 aliphatic heterocycles. The maximum absolute atomic E-state index is 5.90. The zero-order valence-electron chi connectivity index (χ0n) is 17.4. The van der Waals surface area contributed by atoms with E-state index in [1.54, 1.807) is 7.05 Å². The van der Waals surface area contributed by atoms with Crippen molar-refractivity contribution in [3.8, 4) is 5.75 Å². The highest BCUT2D eigenvalue weighted by atomic mass is 16.5. The molecule has 0 bridgehead atoms. The first-order valence-electron chi connectivity index (χ1n) is 9.81. The molecule has 0 amide bonds. The highest BCUT2D eigenvalue weighted by Gasteiger charge is 2.09. The van der Waals surface area contributed by atoms with Crippen molar-refractivity contribution in [2.45, 2.75) is 20.0 Å². The summed E-state index contributed by atoms with van der Waals surface area (Å²) in [6.07, 6.45) is 3.84. The van der Waals surface area contributed by atoms with Crippen LogP contribution in [0, 0.1) is 6.92 Å². The molecular formula is C23H29N5O. The minimum absolute atomic E-state index is 0.588. The highest BCUT2D eigenvalue weighted by Crippen LogP contribution is 2.15. The van der Waals surface area contributed by atoms with Gasteiger partial charge in [0.05, 0.1) is 13.1 Å². The quantitative estimate of drug-likeness (QED) is 0.473. The van der Waals surface area contributed by atoms with Crippen LogP contribution < -0.4 is 10.1 Å². The molecule has 0 unspecified atom stereocenters. The third-order valence-corrected chi connectivity index (χ3v) is 4.75. The third kappa shape index (κ3) is 5.85. The van der Waals surface area contributed by atoms with Gasteiger partial charge in [0.1, 0.15) is 18.2 Å². The van der Waals surface area contributed by atoms with Crippen molar-refractivity contribution >= 4 is 5.96 Å². The van der Waals surface area contributed by atoms with E-state index in [4.69, 9.17) is 4.74 Å². The fourth-order valence-corrected chi connectivity index (χ4v) is 3.09. The van der Waals surface area contributed by atoms with Gasteiger partial charge in [0.25, 0.3) is 0 Å². The molecular weight excluding hydrogens is 362 g/mol. The number of imidazole rings is 1. The monoisotopic (exact) mass is 391 g/mol. The Balaban J connectivity index is 1.50. The molecule has 3 rings (SSSR count). The Morgan fingerprint density at radius 1 is 1.14 bits per heavy atom. The van der Waals surface area contributed by atoms with Crippen LogP contribution in [0.15, 0.2) is 72.0 Å². The molecule has 0 saturated heterocycles. The summed E-state index contributed by atoms with van der Waals surface area (Å²) < 4.78 is 8.05. The first kappa shape index (κ1) is 20.5. The van der Waals surface area contributed by atoms with Crippen molar-refractivity contribution in [2.24, 2.45) is 4.99 Å². The molecule has 0 saturated carbocycles. The Morgan fingerprint density at radius 2 is 1.90 bits per heavy atom. The Bertz CT molecular complexity index is 920. The van der Waals surface area contributed by atoms with Crippen LogP contribution in [0.4, 0.5) is 0 Å². The summed E-state index contributed by atoms with van der Waals surface area (Å²) >= 11 is 0. The van der Waals surface area contributed by atoms with Gasteiger partial charge in [-0.05, 0) is 24.1 Å². The SMILES string of the molecule is CN=C(NCc1nccn1Cc1ccccc1)N(C)CCOc1ccccc1C. The molecule has 0 aliphatic rings. The summed E-state index contributed by atoms with van der Waals surface area (Å²) in [5.74, 6) is 2.71. The second kappa shape index (κ2) is 10.3. The van der Waals surface area contributed by atoms with Crippen molar-refractivity contribution in [1.29, 1.82) is 0 Å². The number of likely N-dealkylation sites (N-methyl/N-ethyl adjacent to an activating group) is 1. The zero-order valence-corrected chi connectivity index (χ0v) is 17.4. The standard InChI is InChI=1S/C23H29N5O/c1-19-9-7-8-12-21(19)29-16-15-27(3)23(24-2)26-17-22-25-13-14-28(22)18-20-10-5-4-6-11-20/h4-14H,15-18H2,1-3H3,(H,24,26). The van der Waals surface area contributed by atoms with Crippen LogP contribution in [0.2, 0.25) is 0 Å². The molecule has 0 radical (unpaired) electrons. The van der Waals surface area contributed by atoms with E-state index in [0.717, 1.165) is 36.2 Å². The number of hydrogen-bond acceptors (Lipinski definition) is 3. The molecule has 152 valence electrons. The van der Waals surface area contributed by atoms with Gasteiger partial charge in [-0.2, -0.15) is 0 Å². The number of aromatic nitrogens is 2. The number of aryl methyl sites for hydroxylation is 1. The molecule has 1 aromatic heterocycles. The Hall–Kier alpha value is -3.28. The van der Waals surface area contributed by atoms with Crippen LogP contribution in [0.25, 0.3) is 0 Å². The Morgan fingerprint density at radius 3 is 2.66 bits per heavy atom. The summed E-state index contributed by atoms with van der Waals surface area (Å²) in [5, 5.41) is 3.39. The van der Waals surface area contributed by atoms with E-state index in [1.165, 1.54) is 5.56 Å². The molecule has 3 aromatic rings. The third-order valence-electron chi connectivity index (χ3n) is 4.75. The summed E-state index contributed by atoms with van der Waals surface area (Å²) in [6, 6.07) is 18.4. The predicted molar refractivity (Wildman–Crippen MR) is 117 cm³/mol. The van der Waals surface area contributed by atoms with Crippen LogP contribution in [-0.2, 0) is 13.1 Å². The number of hydrogen-bond donors (Lipinski definition) is 1. The van der Waals surface area contributed by atoms with Gasteiger partial charge in [-0.25, -0.2) is 4.98 Å². The average molecular weight is 392 g/mol. The first-order chi connectivity index (χ1) is 14.2. The van der Waals surface area contributed by atoms with Crippen LogP contribution in [0.3, 0.4) is 0 Å². The number of nitrogens with zero attached hydrogens (tertiary/aromatic N) is 4. The maximum atomic E-state index is 5.90. The molecule has 29 heavy (non-hydrogen) atoms. The molecule has 1 N–H and O–H groups in total. The van der Waals surface area contributed by atoms with Crippen LogP contribution in [-0.4, -0.2) is 47.7 Å². The number of aliphatic imine (C=N–C) groups is 1. The molecule has 0 aliphatic carbocycles. The molecule has 0 fully saturated rings. The van der Waals surface area contributed by atoms with Gasteiger partial charge in [-0.3, -0.25) is 4.99 Å².